The summed E-state index contributed by atoms with van der Waals surface area (Å²) in [6.07, 6.45) is 3.32. The summed E-state index contributed by atoms with van der Waals surface area (Å²) < 4.78 is 0. The predicted octanol–water partition coefficient (Wildman–Crippen LogP) is 3.14. The van der Waals surface area contributed by atoms with Crippen LogP contribution in [0.5, 0.6) is 0 Å². The lowest BCUT2D eigenvalue weighted by atomic mass is 9.85. The Labute approximate surface area is 186 Å². The van der Waals surface area contributed by atoms with Crippen LogP contribution in [0.4, 0.5) is 0 Å². The Balaban J connectivity index is 1.58. The number of hydrogen-bond donors (Lipinski definition) is 2. The van der Waals surface area contributed by atoms with Crippen molar-refractivity contribution in [2.45, 2.75) is 45.2 Å². The molecule has 3 rings (SSSR count). The third-order valence-electron chi connectivity index (χ3n) is 6.29. The Morgan fingerprint density at radius 3 is 2.80 bits per heavy atom. The Morgan fingerprint density at radius 1 is 1.30 bits per heavy atom. The normalized spacial score (nSPS) is 25.6. The molecule has 1 aromatic carbocycles. The van der Waals surface area contributed by atoms with Gasteiger partial charge in [0.05, 0.1) is 0 Å². The SMILES string of the molecule is CN=C(NCC1CCCN(C)C1c1cccc(Cl)c1)NC1CCN(C(=O)C(C)C)C1. The molecule has 166 valence electrons. The molecule has 0 bridgehead atoms. The van der Waals surface area contributed by atoms with Gasteiger partial charge in [0, 0.05) is 49.7 Å². The van der Waals surface area contributed by atoms with E-state index in [1.807, 2.05) is 37.9 Å². The maximum atomic E-state index is 12.2. The van der Waals surface area contributed by atoms with Crippen LogP contribution in [0.3, 0.4) is 0 Å². The molecule has 3 atom stereocenters. The first-order chi connectivity index (χ1) is 14.4. The van der Waals surface area contributed by atoms with Gasteiger partial charge in [-0.15, -0.1) is 0 Å². The summed E-state index contributed by atoms with van der Waals surface area (Å²) in [6.45, 7) is 7.43. The summed E-state index contributed by atoms with van der Waals surface area (Å²) in [7, 11) is 4.01. The lowest BCUT2D eigenvalue weighted by Crippen LogP contribution is -2.48. The van der Waals surface area contributed by atoms with Crippen molar-refractivity contribution < 1.29 is 4.79 Å². The fraction of sp³-hybridized carbons (Fsp3) is 0.652. The molecule has 30 heavy (non-hydrogen) atoms. The molecule has 7 heteroatoms. The van der Waals surface area contributed by atoms with E-state index in [0.29, 0.717) is 12.0 Å². The second-order valence-corrected chi connectivity index (χ2v) is 9.34. The van der Waals surface area contributed by atoms with Crippen LogP contribution in [-0.4, -0.2) is 68.0 Å². The molecular formula is C23H36ClN5O. The van der Waals surface area contributed by atoms with Gasteiger partial charge in [-0.2, -0.15) is 0 Å². The van der Waals surface area contributed by atoms with Crippen LogP contribution in [0, 0.1) is 11.8 Å². The quantitative estimate of drug-likeness (QED) is 0.553. The van der Waals surface area contributed by atoms with E-state index in [1.54, 1.807) is 0 Å². The fourth-order valence-electron chi connectivity index (χ4n) is 4.75. The van der Waals surface area contributed by atoms with Crippen molar-refractivity contribution in [3.63, 3.8) is 0 Å². The van der Waals surface area contributed by atoms with Crippen LogP contribution < -0.4 is 10.6 Å². The summed E-state index contributed by atoms with van der Waals surface area (Å²) in [5, 5.41) is 7.85. The number of halogens is 1. The molecule has 2 heterocycles. The minimum Gasteiger partial charge on any atom is -0.356 e. The van der Waals surface area contributed by atoms with Crippen LogP contribution >= 0.6 is 11.6 Å². The second-order valence-electron chi connectivity index (χ2n) is 8.90. The van der Waals surface area contributed by atoms with E-state index in [4.69, 9.17) is 11.6 Å². The van der Waals surface area contributed by atoms with Crippen molar-refractivity contribution >= 4 is 23.5 Å². The molecule has 0 aromatic heterocycles. The van der Waals surface area contributed by atoms with Crippen LogP contribution in [0.1, 0.15) is 44.7 Å². The van der Waals surface area contributed by atoms with Crippen LogP contribution in [0.15, 0.2) is 29.3 Å². The zero-order chi connectivity index (χ0) is 21.7. The van der Waals surface area contributed by atoms with Gasteiger partial charge in [-0.3, -0.25) is 14.7 Å². The molecule has 0 aliphatic carbocycles. The highest BCUT2D eigenvalue weighted by Crippen LogP contribution is 2.35. The Morgan fingerprint density at radius 2 is 2.10 bits per heavy atom. The van der Waals surface area contributed by atoms with Crippen LogP contribution in [0.2, 0.25) is 5.02 Å². The number of hydrogen-bond acceptors (Lipinski definition) is 3. The van der Waals surface area contributed by atoms with E-state index >= 15 is 0 Å². The Bertz CT molecular complexity index is 753. The number of carbonyl (C=O) groups excluding carboxylic acids is 1. The summed E-state index contributed by atoms with van der Waals surface area (Å²) in [5.74, 6) is 1.57. The molecule has 2 aliphatic rings. The van der Waals surface area contributed by atoms with Crippen molar-refractivity contribution in [1.82, 2.24) is 20.4 Å². The third kappa shape index (κ3) is 5.67. The Kier molecular flexibility index (Phi) is 8.00. The largest absolute Gasteiger partial charge is 0.356 e. The number of benzene rings is 1. The van der Waals surface area contributed by atoms with E-state index < -0.39 is 0 Å². The molecule has 1 aromatic rings. The van der Waals surface area contributed by atoms with Gasteiger partial charge in [0.2, 0.25) is 5.91 Å². The number of rotatable bonds is 5. The van der Waals surface area contributed by atoms with Gasteiger partial charge in [-0.1, -0.05) is 37.6 Å². The highest BCUT2D eigenvalue weighted by Gasteiger charge is 2.31. The minimum absolute atomic E-state index is 0.0490. The lowest BCUT2D eigenvalue weighted by Gasteiger charge is -2.40. The maximum Gasteiger partial charge on any atom is 0.225 e. The Hall–Kier alpha value is -1.79. The van der Waals surface area contributed by atoms with E-state index in [-0.39, 0.29) is 17.9 Å². The fourth-order valence-corrected chi connectivity index (χ4v) is 4.95. The number of amides is 1. The average Bonchev–Trinajstić information content (AvgIpc) is 3.18. The van der Waals surface area contributed by atoms with Gasteiger partial charge in [-0.05, 0) is 56.5 Å². The molecule has 2 aliphatic heterocycles. The molecular weight excluding hydrogens is 398 g/mol. The van der Waals surface area contributed by atoms with Crippen molar-refractivity contribution in [3.8, 4) is 0 Å². The lowest BCUT2D eigenvalue weighted by molar-refractivity contribution is -0.133. The van der Waals surface area contributed by atoms with Crippen LogP contribution in [-0.2, 0) is 4.79 Å². The van der Waals surface area contributed by atoms with Crippen LogP contribution in [0.25, 0.3) is 0 Å². The van der Waals surface area contributed by atoms with E-state index in [0.717, 1.165) is 43.6 Å². The first kappa shape index (κ1) is 22.9. The van der Waals surface area contributed by atoms with Gasteiger partial charge in [-0.25, -0.2) is 0 Å². The number of likely N-dealkylation sites (tertiary alicyclic amines) is 2. The molecule has 6 nitrogen and oxygen atoms in total. The van der Waals surface area contributed by atoms with Crippen molar-refractivity contribution in [1.29, 1.82) is 0 Å². The zero-order valence-electron chi connectivity index (χ0n) is 18.7. The number of carbonyl (C=O) groups is 1. The standard InChI is InChI=1S/C23H36ClN5O/c1-16(2)22(30)29-12-10-20(15-29)27-23(25-3)26-14-18-8-6-11-28(4)21(18)17-7-5-9-19(24)13-17/h5,7,9,13,16,18,20-21H,6,8,10-12,14-15H2,1-4H3,(H2,25,26,27). The van der Waals surface area contributed by atoms with Gasteiger partial charge >= 0.3 is 0 Å². The van der Waals surface area contributed by atoms with E-state index in [9.17, 15) is 4.79 Å². The smallest absolute Gasteiger partial charge is 0.225 e. The molecule has 0 radical (unpaired) electrons. The summed E-state index contributed by atoms with van der Waals surface area (Å²) in [5.41, 5.74) is 1.28. The summed E-state index contributed by atoms with van der Waals surface area (Å²) >= 11 is 6.27. The number of nitrogens with one attached hydrogen (secondary N) is 2. The zero-order valence-corrected chi connectivity index (χ0v) is 19.5. The third-order valence-corrected chi connectivity index (χ3v) is 6.52. The topological polar surface area (TPSA) is 60.0 Å². The molecule has 2 saturated heterocycles. The summed E-state index contributed by atoms with van der Waals surface area (Å²) in [6, 6.07) is 8.83. The first-order valence-electron chi connectivity index (χ1n) is 11.1. The van der Waals surface area contributed by atoms with Gasteiger partial charge in [0.25, 0.3) is 0 Å². The highest BCUT2D eigenvalue weighted by molar-refractivity contribution is 6.30. The molecule has 1 amide bonds. The number of aliphatic imine (C=N–C) groups is 1. The molecule has 3 unspecified atom stereocenters. The maximum absolute atomic E-state index is 12.2. The number of guanidine groups is 1. The molecule has 2 fully saturated rings. The minimum atomic E-state index is 0.0490. The first-order valence-corrected chi connectivity index (χ1v) is 11.5. The van der Waals surface area contributed by atoms with Crippen molar-refractivity contribution in [3.05, 3.63) is 34.9 Å². The van der Waals surface area contributed by atoms with E-state index in [1.165, 1.54) is 18.4 Å². The van der Waals surface area contributed by atoms with Crippen molar-refractivity contribution in [2.24, 2.45) is 16.8 Å². The second kappa shape index (κ2) is 10.5. The number of nitrogens with zero attached hydrogens (tertiary/aromatic N) is 3. The van der Waals surface area contributed by atoms with Gasteiger partial charge in [0.1, 0.15) is 0 Å². The highest BCUT2D eigenvalue weighted by atomic mass is 35.5. The summed E-state index contributed by atoms with van der Waals surface area (Å²) in [4.78, 5) is 21.1. The monoisotopic (exact) mass is 433 g/mol. The van der Waals surface area contributed by atoms with E-state index in [2.05, 4.69) is 39.7 Å². The van der Waals surface area contributed by atoms with Crippen molar-refractivity contribution in [2.75, 3.05) is 40.3 Å². The molecule has 2 N–H and O–H groups in total. The van der Waals surface area contributed by atoms with Gasteiger partial charge < -0.3 is 15.5 Å². The molecule has 0 saturated carbocycles. The average molecular weight is 434 g/mol. The predicted molar refractivity (Wildman–Crippen MR) is 124 cm³/mol. The number of piperidine rings is 1. The van der Waals surface area contributed by atoms with Gasteiger partial charge in [0.15, 0.2) is 5.96 Å². The molecule has 0 spiro atoms.